The number of rotatable bonds is 79. The normalized spacial score (nSPS) is 25.0. The van der Waals surface area contributed by atoms with Crippen LogP contribution in [0.25, 0.3) is 0 Å². The molecular formula is C93H177NO18. The van der Waals surface area contributed by atoms with Crippen molar-refractivity contribution in [1.29, 1.82) is 0 Å². The molecule has 19 nitrogen and oxygen atoms in total. The summed E-state index contributed by atoms with van der Waals surface area (Å²) in [5.41, 5.74) is 0. The average Bonchev–Trinajstić information content (AvgIpc) is 0.782. The zero-order valence-electron chi connectivity index (χ0n) is 71.7. The second-order valence-electron chi connectivity index (χ2n) is 34.2. The Morgan fingerprint density at radius 1 is 0.312 bits per heavy atom. The number of aliphatic hydroxyl groups excluding tert-OH is 11. The molecule has 0 saturated carbocycles. The molecule has 17 unspecified atom stereocenters. The number of carbonyl (C=O) groups excluding carboxylic acids is 1. The van der Waals surface area contributed by atoms with E-state index in [0.717, 1.165) is 44.9 Å². The van der Waals surface area contributed by atoms with Crippen LogP contribution in [-0.2, 0) is 33.2 Å². The summed E-state index contributed by atoms with van der Waals surface area (Å²) < 4.78 is 34.6. The molecule has 12 N–H and O–H groups in total. The Morgan fingerprint density at radius 3 is 0.866 bits per heavy atom. The van der Waals surface area contributed by atoms with Crippen LogP contribution >= 0.6 is 0 Å². The smallest absolute Gasteiger partial charge is 0.220 e. The molecule has 0 aliphatic carbocycles. The largest absolute Gasteiger partial charge is 0.394 e. The van der Waals surface area contributed by atoms with Gasteiger partial charge in [0.25, 0.3) is 0 Å². The molecule has 0 spiro atoms. The monoisotopic (exact) mass is 1600 g/mol. The summed E-state index contributed by atoms with van der Waals surface area (Å²) >= 11 is 0. The summed E-state index contributed by atoms with van der Waals surface area (Å²) in [7, 11) is 0. The molecule has 3 aliphatic heterocycles. The second kappa shape index (κ2) is 73.2. The maximum atomic E-state index is 13.5. The molecule has 0 radical (unpaired) electrons. The molecule has 0 aromatic carbocycles. The number of hydrogen-bond acceptors (Lipinski definition) is 18. The van der Waals surface area contributed by atoms with Gasteiger partial charge < -0.3 is 89.9 Å². The molecular weight excluding hydrogens is 1420 g/mol. The predicted molar refractivity (Wildman–Crippen MR) is 453 cm³/mol. The third-order valence-electron chi connectivity index (χ3n) is 24.0. The summed E-state index contributed by atoms with van der Waals surface area (Å²) in [6.45, 7) is 1.82. The first-order valence-electron chi connectivity index (χ1n) is 47.6. The van der Waals surface area contributed by atoms with Crippen molar-refractivity contribution in [3.63, 3.8) is 0 Å². The van der Waals surface area contributed by atoms with E-state index in [2.05, 4.69) is 31.3 Å². The summed E-state index contributed by atoms with van der Waals surface area (Å²) in [5, 5.41) is 121. The molecule has 19 heteroatoms. The van der Waals surface area contributed by atoms with Crippen molar-refractivity contribution in [1.82, 2.24) is 5.32 Å². The zero-order chi connectivity index (χ0) is 81.0. The van der Waals surface area contributed by atoms with Crippen LogP contribution in [0.15, 0.2) is 24.3 Å². The highest BCUT2D eigenvalue weighted by Gasteiger charge is 2.54. The molecule has 0 aromatic heterocycles. The number of aliphatic hydroxyl groups is 11. The molecule has 3 aliphatic rings. The Hall–Kier alpha value is -1.73. The van der Waals surface area contributed by atoms with Crippen molar-refractivity contribution in [2.24, 2.45) is 0 Å². The number of ether oxygens (including phenoxy) is 6. The van der Waals surface area contributed by atoms with Crippen LogP contribution in [-0.4, -0.2) is 193 Å². The maximum absolute atomic E-state index is 13.5. The molecule has 3 fully saturated rings. The number of allylic oxidation sites excluding steroid dienone is 3. The fraction of sp³-hybridized carbons (Fsp3) is 0.946. The van der Waals surface area contributed by atoms with Gasteiger partial charge in [-0.2, -0.15) is 0 Å². The fourth-order valence-electron chi connectivity index (χ4n) is 16.4. The minimum Gasteiger partial charge on any atom is -0.394 e. The Morgan fingerprint density at radius 2 is 0.562 bits per heavy atom. The lowest BCUT2D eigenvalue weighted by molar-refractivity contribution is -0.379. The van der Waals surface area contributed by atoms with Gasteiger partial charge in [0.05, 0.1) is 38.6 Å². The van der Waals surface area contributed by atoms with Crippen molar-refractivity contribution in [3.8, 4) is 0 Å². The van der Waals surface area contributed by atoms with Crippen LogP contribution in [0.4, 0.5) is 0 Å². The highest BCUT2D eigenvalue weighted by atomic mass is 16.8. The molecule has 1 amide bonds. The van der Waals surface area contributed by atoms with Crippen molar-refractivity contribution in [2.45, 2.75) is 535 Å². The van der Waals surface area contributed by atoms with E-state index < -0.39 is 124 Å². The third kappa shape index (κ3) is 51.0. The van der Waals surface area contributed by atoms with E-state index >= 15 is 0 Å². The van der Waals surface area contributed by atoms with Crippen molar-refractivity contribution in [2.75, 3.05) is 26.4 Å². The van der Waals surface area contributed by atoms with E-state index in [9.17, 15) is 61.0 Å². The van der Waals surface area contributed by atoms with Gasteiger partial charge in [-0.3, -0.25) is 4.79 Å². The predicted octanol–water partition coefficient (Wildman–Crippen LogP) is 18.8. The average molecular weight is 1600 g/mol. The summed E-state index contributed by atoms with van der Waals surface area (Å²) in [6.07, 6.45) is 66.4. The number of amides is 1. The lowest BCUT2D eigenvalue weighted by atomic mass is 9.96. The number of unbranched alkanes of at least 4 members (excludes halogenated alkanes) is 61. The first-order valence-corrected chi connectivity index (χ1v) is 47.6. The Balaban J connectivity index is 1.31. The summed E-state index contributed by atoms with van der Waals surface area (Å²) in [4.78, 5) is 13.5. The SMILES string of the molecule is CCCCCCCCCC/C=C\CCCCCCCCCCCCCCCCCCCCCCCCCC(=O)NC(COC1OC(CO)C(OC2OC(CO)C(OC3OC(CO)C(O)C(O)C3O)C(O)C2O)C(O)C1O)C(O)/C=C/CCCCCCCCCCCCCCCCCCCCCCCCCCCCCCCC. The number of hydrogen-bond donors (Lipinski definition) is 12. The number of nitrogens with one attached hydrogen (secondary N) is 1. The molecule has 112 heavy (non-hydrogen) atoms. The van der Waals surface area contributed by atoms with E-state index in [1.807, 2.05) is 6.08 Å². The molecule has 17 atom stereocenters. The van der Waals surface area contributed by atoms with Gasteiger partial charge in [-0.15, -0.1) is 0 Å². The van der Waals surface area contributed by atoms with E-state index in [4.69, 9.17) is 28.4 Å². The zero-order valence-corrected chi connectivity index (χ0v) is 71.7. The topological polar surface area (TPSA) is 307 Å². The van der Waals surface area contributed by atoms with Crippen LogP contribution in [0.3, 0.4) is 0 Å². The van der Waals surface area contributed by atoms with Crippen LogP contribution in [0.1, 0.15) is 431 Å². The van der Waals surface area contributed by atoms with Gasteiger partial charge in [0, 0.05) is 6.42 Å². The van der Waals surface area contributed by atoms with Gasteiger partial charge in [-0.05, 0) is 44.9 Å². The minimum atomic E-state index is -1.98. The van der Waals surface area contributed by atoms with Gasteiger partial charge in [-0.1, -0.05) is 404 Å². The minimum absolute atomic E-state index is 0.249. The van der Waals surface area contributed by atoms with Gasteiger partial charge in [0.1, 0.15) is 73.2 Å². The molecule has 0 bridgehead atoms. The second-order valence-corrected chi connectivity index (χ2v) is 34.2. The third-order valence-corrected chi connectivity index (χ3v) is 24.0. The molecule has 3 rings (SSSR count). The summed E-state index contributed by atoms with van der Waals surface area (Å²) in [6, 6.07) is -0.973. The Bertz CT molecular complexity index is 2110. The quantitative estimate of drug-likeness (QED) is 0.0199. The first-order chi connectivity index (χ1) is 54.8. The van der Waals surface area contributed by atoms with Crippen molar-refractivity contribution in [3.05, 3.63) is 24.3 Å². The Kier molecular flexibility index (Phi) is 68.3. The lowest BCUT2D eigenvalue weighted by Gasteiger charge is -2.48. The van der Waals surface area contributed by atoms with Gasteiger partial charge in [0.15, 0.2) is 18.9 Å². The van der Waals surface area contributed by atoms with Crippen molar-refractivity contribution >= 4 is 5.91 Å². The van der Waals surface area contributed by atoms with Crippen LogP contribution in [0.2, 0.25) is 0 Å². The molecule has 662 valence electrons. The Labute approximate surface area is 683 Å². The van der Waals surface area contributed by atoms with E-state index in [0.29, 0.717) is 6.42 Å². The highest BCUT2D eigenvalue weighted by molar-refractivity contribution is 5.76. The van der Waals surface area contributed by atoms with Gasteiger partial charge >= 0.3 is 0 Å². The molecule has 3 saturated heterocycles. The van der Waals surface area contributed by atoms with Gasteiger partial charge in [0.2, 0.25) is 5.91 Å². The van der Waals surface area contributed by atoms with Crippen LogP contribution in [0.5, 0.6) is 0 Å². The molecule has 0 aromatic rings. The highest BCUT2D eigenvalue weighted by Crippen LogP contribution is 2.34. The molecule has 3 heterocycles. The number of carbonyl (C=O) groups is 1. The van der Waals surface area contributed by atoms with E-state index in [1.54, 1.807) is 6.08 Å². The first kappa shape index (κ1) is 104. The lowest BCUT2D eigenvalue weighted by Crippen LogP contribution is -2.66. The van der Waals surface area contributed by atoms with Crippen LogP contribution < -0.4 is 5.32 Å². The fourth-order valence-corrected chi connectivity index (χ4v) is 16.4. The maximum Gasteiger partial charge on any atom is 0.220 e. The standard InChI is InChI=1S/C93H177NO18/c1-3-5-7-9-11-13-15-17-19-21-23-25-27-29-31-33-35-37-38-39-41-43-45-47-49-51-53-55-57-59-61-63-65-67-69-71-81(99)94-76(77(98)70-68-66-64-62-60-58-56-54-52-50-48-46-44-42-40-36-34-32-30-28-26-24-22-20-18-16-14-12-10-8-6-4-2)75-107-91-87(105)84(102)89(79(73-96)109-91)112-93-88(106)85(103)90(80(74-97)110-93)111-92-86(104)83(101)82(100)78(72-95)108-92/h21,23,68,70,76-80,82-93,95-98,100-106H,3-20,22,24-67,69,71-75H2,1-2H3,(H,94,99)/b23-21-,70-68+. The van der Waals surface area contributed by atoms with Crippen molar-refractivity contribution < 1.29 is 89.4 Å². The van der Waals surface area contributed by atoms with E-state index in [-0.39, 0.29) is 18.9 Å². The van der Waals surface area contributed by atoms with Gasteiger partial charge in [-0.25, -0.2) is 0 Å². The summed E-state index contributed by atoms with van der Waals surface area (Å²) in [5.74, 6) is -0.265. The van der Waals surface area contributed by atoms with E-state index in [1.165, 1.54) is 360 Å². The van der Waals surface area contributed by atoms with Crippen LogP contribution in [0, 0.1) is 0 Å².